The molecule has 2 unspecified atom stereocenters. The number of hydrogen-bond acceptors (Lipinski definition) is 2. The first-order valence-electron chi connectivity index (χ1n) is 8.25. The van der Waals surface area contributed by atoms with Crippen molar-refractivity contribution in [3.05, 3.63) is 35.4 Å². The number of rotatable bonds is 4. The van der Waals surface area contributed by atoms with E-state index in [1.807, 2.05) is 0 Å². The number of ether oxygens (including phenoxy) is 1. The van der Waals surface area contributed by atoms with Crippen LogP contribution in [0.3, 0.4) is 0 Å². The van der Waals surface area contributed by atoms with Crippen molar-refractivity contribution in [1.29, 1.82) is 0 Å². The third-order valence-electron chi connectivity index (χ3n) is 5.04. The first-order chi connectivity index (χ1) is 9.88. The Labute approximate surface area is 122 Å². The van der Waals surface area contributed by atoms with Crippen LogP contribution >= 0.6 is 0 Å². The molecule has 1 saturated carbocycles. The van der Waals surface area contributed by atoms with E-state index in [9.17, 15) is 0 Å². The standard InChI is InChI=1S/C18H27NO/c1-19-18-16-10-6-5-9-15(16)11-12-17(18)20-13-14-7-3-2-4-8-14/h5-6,9-10,14,17-19H,2-4,7-8,11-13H2,1H3. The van der Waals surface area contributed by atoms with Gasteiger partial charge in [-0.1, -0.05) is 43.5 Å². The molecule has 1 N–H and O–H groups in total. The van der Waals surface area contributed by atoms with E-state index in [0.717, 1.165) is 25.4 Å². The zero-order chi connectivity index (χ0) is 13.8. The van der Waals surface area contributed by atoms with Gasteiger partial charge in [0.05, 0.1) is 12.1 Å². The highest BCUT2D eigenvalue weighted by Gasteiger charge is 2.29. The molecule has 1 fully saturated rings. The van der Waals surface area contributed by atoms with Gasteiger partial charge in [0.2, 0.25) is 0 Å². The van der Waals surface area contributed by atoms with Crippen LogP contribution in [0.1, 0.15) is 55.7 Å². The van der Waals surface area contributed by atoms with Crippen molar-refractivity contribution in [3.63, 3.8) is 0 Å². The van der Waals surface area contributed by atoms with Crippen molar-refractivity contribution in [2.45, 2.75) is 57.1 Å². The molecule has 2 atom stereocenters. The molecule has 0 radical (unpaired) electrons. The van der Waals surface area contributed by atoms with Crippen LogP contribution in [-0.2, 0) is 11.2 Å². The minimum Gasteiger partial charge on any atom is -0.376 e. The quantitative estimate of drug-likeness (QED) is 0.899. The van der Waals surface area contributed by atoms with Crippen molar-refractivity contribution in [2.24, 2.45) is 5.92 Å². The van der Waals surface area contributed by atoms with Crippen LogP contribution in [-0.4, -0.2) is 19.8 Å². The summed E-state index contributed by atoms with van der Waals surface area (Å²) in [6.07, 6.45) is 9.61. The highest BCUT2D eigenvalue weighted by molar-refractivity contribution is 5.33. The number of hydrogen-bond donors (Lipinski definition) is 1. The average Bonchev–Trinajstić information content (AvgIpc) is 2.53. The molecule has 1 aromatic rings. The SMILES string of the molecule is CNC1c2ccccc2CCC1OCC1CCCCC1. The molecule has 2 aliphatic rings. The van der Waals surface area contributed by atoms with Crippen LogP contribution in [0.4, 0.5) is 0 Å². The lowest BCUT2D eigenvalue weighted by atomic mass is 9.85. The lowest BCUT2D eigenvalue weighted by Gasteiger charge is -2.34. The normalized spacial score (nSPS) is 27.2. The Hall–Kier alpha value is -0.860. The molecule has 2 heteroatoms. The highest BCUT2D eigenvalue weighted by Crippen LogP contribution is 2.33. The summed E-state index contributed by atoms with van der Waals surface area (Å²) in [4.78, 5) is 0. The summed E-state index contributed by atoms with van der Waals surface area (Å²) in [7, 11) is 2.06. The van der Waals surface area contributed by atoms with Crippen LogP contribution in [0.2, 0.25) is 0 Å². The van der Waals surface area contributed by atoms with E-state index < -0.39 is 0 Å². The minimum absolute atomic E-state index is 0.344. The monoisotopic (exact) mass is 273 g/mol. The maximum absolute atomic E-state index is 6.32. The van der Waals surface area contributed by atoms with E-state index in [1.165, 1.54) is 43.2 Å². The Bertz CT molecular complexity index is 425. The third-order valence-corrected chi connectivity index (χ3v) is 5.04. The van der Waals surface area contributed by atoms with Gasteiger partial charge in [0, 0.05) is 6.61 Å². The fourth-order valence-electron chi connectivity index (χ4n) is 3.86. The van der Waals surface area contributed by atoms with Gasteiger partial charge in [0.1, 0.15) is 0 Å². The van der Waals surface area contributed by atoms with E-state index in [-0.39, 0.29) is 0 Å². The molecular formula is C18H27NO. The Kier molecular flexibility index (Phi) is 4.74. The van der Waals surface area contributed by atoms with E-state index in [2.05, 4.69) is 36.6 Å². The van der Waals surface area contributed by atoms with Crippen LogP contribution in [0.25, 0.3) is 0 Å². The zero-order valence-corrected chi connectivity index (χ0v) is 12.6. The summed E-state index contributed by atoms with van der Waals surface area (Å²) in [6.45, 7) is 0.963. The number of fused-ring (bicyclic) bond motifs is 1. The number of aryl methyl sites for hydroxylation is 1. The summed E-state index contributed by atoms with van der Waals surface area (Å²) >= 11 is 0. The Balaban J connectivity index is 1.62. The molecule has 0 amide bonds. The summed E-state index contributed by atoms with van der Waals surface area (Å²) in [5.74, 6) is 0.804. The van der Waals surface area contributed by atoms with Gasteiger partial charge < -0.3 is 10.1 Å². The van der Waals surface area contributed by atoms with Gasteiger partial charge in [0.15, 0.2) is 0 Å². The van der Waals surface area contributed by atoms with Crippen LogP contribution in [0, 0.1) is 5.92 Å². The largest absolute Gasteiger partial charge is 0.376 e. The number of likely N-dealkylation sites (N-methyl/N-ethyl adjacent to an activating group) is 1. The maximum atomic E-state index is 6.32. The van der Waals surface area contributed by atoms with Crippen molar-refractivity contribution in [2.75, 3.05) is 13.7 Å². The van der Waals surface area contributed by atoms with Crippen molar-refractivity contribution >= 4 is 0 Å². The first kappa shape index (κ1) is 14.1. The van der Waals surface area contributed by atoms with Gasteiger partial charge in [-0.2, -0.15) is 0 Å². The molecule has 3 rings (SSSR count). The Morgan fingerprint density at radius 3 is 2.70 bits per heavy atom. The lowest BCUT2D eigenvalue weighted by Crippen LogP contribution is -2.37. The van der Waals surface area contributed by atoms with E-state index in [1.54, 1.807) is 0 Å². The fraction of sp³-hybridized carbons (Fsp3) is 0.667. The molecule has 1 aromatic carbocycles. The maximum Gasteiger partial charge on any atom is 0.0773 e. The van der Waals surface area contributed by atoms with Crippen molar-refractivity contribution in [1.82, 2.24) is 5.32 Å². The summed E-state index contributed by atoms with van der Waals surface area (Å²) < 4.78 is 6.32. The number of nitrogens with one attached hydrogen (secondary N) is 1. The minimum atomic E-state index is 0.344. The molecule has 0 aromatic heterocycles. The van der Waals surface area contributed by atoms with Crippen LogP contribution in [0.5, 0.6) is 0 Å². The molecule has 0 aliphatic heterocycles. The van der Waals surface area contributed by atoms with Crippen LogP contribution in [0.15, 0.2) is 24.3 Å². The smallest absolute Gasteiger partial charge is 0.0773 e. The summed E-state index contributed by atoms with van der Waals surface area (Å²) in [6, 6.07) is 9.18. The first-order valence-corrected chi connectivity index (χ1v) is 8.25. The molecule has 110 valence electrons. The molecular weight excluding hydrogens is 246 g/mol. The third kappa shape index (κ3) is 3.07. The summed E-state index contributed by atoms with van der Waals surface area (Å²) in [5.41, 5.74) is 2.93. The second kappa shape index (κ2) is 6.73. The Morgan fingerprint density at radius 1 is 1.10 bits per heavy atom. The molecule has 0 bridgehead atoms. The topological polar surface area (TPSA) is 21.3 Å². The molecule has 0 spiro atoms. The number of benzene rings is 1. The predicted octanol–water partition coefficient (Wildman–Crippen LogP) is 3.86. The zero-order valence-electron chi connectivity index (χ0n) is 12.6. The second-order valence-corrected chi connectivity index (χ2v) is 6.38. The molecule has 2 aliphatic carbocycles. The molecule has 20 heavy (non-hydrogen) atoms. The predicted molar refractivity (Wildman–Crippen MR) is 82.9 cm³/mol. The highest BCUT2D eigenvalue weighted by atomic mass is 16.5. The molecule has 0 saturated heterocycles. The van der Waals surface area contributed by atoms with Crippen LogP contribution < -0.4 is 5.32 Å². The van der Waals surface area contributed by atoms with E-state index in [4.69, 9.17) is 4.74 Å². The average molecular weight is 273 g/mol. The van der Waals surface area contributed by atoms with E-state index >= 15 is 0 Å². The van der Waals surface area contributed by atoms with Gasteiger partial charge in [-0.15, -0.1) is 0 Å². The van der Waals surface area contributed by atoms with E-state index in [0.29, 0.717) is 12.1 Å². The second-order valence-electron chi connectivity index (χ2n) is 6.38. The lowest BCUT2D eigenvalue weighted by molar-refractivity contribution is -0.00812. The van der Waals surface area contributed by atoms with Crippen molar-refractivity contribution < 1.29 is 4.74 Å². The molecule has 0 heterocycles. The fourth-order valence-corrected chi connectivity index (χ4v) is 3.86. The van der Waals surface area contributed by atoms with Gasteiger partial charge in [-0.3, -0.25) is 0 Å². The van der Waals surface area contributed by atoms with Gasteiger partial charge in [0.25, 0.3) is 0 Å². The molecule has 2 nitrogen and oxygen atoms in total. The Morgan fingerprint density at radius 2 is 1.90 bits per heavy atom. The van der Waals surface area contributed by atoms with Gasteiger partial charge >= 0.3 is 0 Å². The van der Waals surface area contributed by atoms with Crippen molar-refractivity contribution in [3.8, 4) is 0 Å². The van der Waals surface area contributed by atoms with Gasteiger partial charge in [-0.05, 0) is 49.8 Å². The summed E-state index contributed by atoms with van der Waals surface area (Å²) in [5, 5.41) is 3.47. The van der Waals surface area contributed by atoms with Gasteiger partial charge in [-0.25, -0.2) is 0 Å².